The van der Waals surface area contributed by atoms with E-state index in [9.17, 15) is 9.50 Å². The fourth-order valence-electron chi connectivity index (χ4n) is 1.89. The molecule has 0 aliphatic carbocycles. The number of hydrogen-bond donors (Lipinski definition) is 2. The van der Waals surface area contributed by atoms with E-state index >= 15 is 0 Å². The molecule has 2 nitrogen and oxygen atoms in total. The van der Waals surface area contributed by atoms with Crippen LogP contribution in [0.25, 0.3) is 0 Å². The van der Waals surface area contributed by atoms with Gasteiger partial charge in [-0.05, 0) is 44.0 Å². The maximum atomic E-state index is 13.2. The number of aliphatic hydroxyl groups excluding tert-OH is 1. The van der Waals surface area contributed by atoms with Crippen molar-refractivity contribution in [2.75, 3.05) is 11.9 Å². The molecule has 90 valence electrons. The SMILES string of the molecule is CCCC(C)(CO)Nc1cc(C)cc(F)c1. The first-order chi connectivity index (χ1) is 7.49. The first-order valence-corrected chi connectivity index (χ1v) is 5.65. The zero-order valence-electron chi connectivity index (χ0n) is 10.2. The minimum atomic E-state index is -0.380. The summed E-state index contributed by atoms with van der Waals surface area (Å²) in [6.45, 7) is 5.89. The summed E-state index contributed by atoms with van der Waals surface area (Å²) in [5.74, 6) is -0.251. The Labute approximate surface area is 96.5 Å². The maximum absolute atomic E-state index is 13.2. The van der Waals surface area contributed by atoms with E-state index in [2.05, 4.69) is 12.2 Å². The van der Waals surface area contributed by atoms with Crippen molar-refractivity contribution in [1.29, 1.82) is 0 Å². The summed E-state index contributed by atoms with van der Waals surface area (Å²) >= 11 is 0. The highest BCUT2D eigenvalue weighted by Gasteiger charge is 2.21. The lowest BCUT2D eigenvalue weighted by atomic mass is 9.96. The predicted octanol–water partition coefficient (Wildman–Crippen LogP) is 3.10. The van der Waals surface area contributed by atoms with E-state index in [4.69, 9.17) is 0 Å². The van der Waals surface area contributed by atoms with Crippen molar-refractivity contribution in [2.24, 2.45) is 0 Å². The molecule has 0 amide bonds. The maximum Gasteiger partial charge on any atom is 0.125 e. The first-order valence-electron chi connectivity index (χ1n) is 5.65. The average molecular weight is 225 g/mol. The largest absolute Gasteiger partial charge is 0.394 e. The van der Waals surface area contributed by atoms with E-state index in [0.29, 0.717) is 0 Å². The standard InChI is InChI=1S/C13H20FNO/c1-4-5-13(3,9-16)15-12-7-10(2)6-11(14)8-12/h6-8,15-16H,4-5,9H2,1-3H3. The van der Waals surface area contributed by atoms with Crippen molar-refractivity contribution >= 4 is 5.69 Å². The van der Waals surface area contributed by atoms with Crippen LogP contribution in [0.1, 0.15) is 32.3 Å². The minimum Gasteiger partial charge on any atom is -0.394 e. The normalized spacial score (nSPS) is 14.6. The quantitative estimate of drug-likeness (QED) is 0.807. The Morgan fingerprint density at radius 1 is 1.38 bits per heavy atom. The Hall–Kier alpha value is -1.09. The molecule has 1 aromatic rings. The molecule has 0 fully saturated rings. The van der Waals surface area contributed by atoms with Crippen LogP contribution in [0, 0.1) is 12.7 Å². The lowest BCUT2D eigenvalue weighted by Gasteiger charge is -2.29. The number of rotatable bonds is 5. The van der Waals surface area contributed by atoms with Crippen molar-refractivity contribution < 1.29 is 9.50 Å². The molecule has 0 radical (unpaired) electrons. The van der Waals surface area contributed by atoms with E-state index < -0.39 is 0 Å². The van der Waals surface area contributed by atoms with Crippen LogP contribution in [-0.4, -0.2) is 17.3 Å². The van der Waals surface area contributed by atoms with Crippen molar-refractivity contribution in [3.8, 4) is 0 Å². The highest BCUT2D eigenvalue weighted by Crippen LogP contribution is 2.21. The van der Waals surface area contributed by atoms with Crippen LogP contribution < -0.4 is 5.32 Å². The molecule has 0 saturated heterocycles. The lowest BCUT2D eigenvalue weighted by Crippen LogP contribution is -2.38. The third kappa shape index (κ3) is 3.49. The fourth-order valence-corrected chi connectivity index (χ4v) is 1.89. The zero-order valence-corrected chi connectivity index (χ0v) is 10.2. The molecular formula is C13H20FNO. The van der Waals surface area contributed by atoms with Gasteiger partial charge in [-0.15, -0.1) is 0 Å². The highest BCUT2D eigenvalue weighted by atomic mass is 19.1. The van der Waals surface area contributed by atoms with E-state index in [0.717, 1.165) is 24.1 Å². The number of anilines is 1. The Morgan fingerprint density at radius 2 is 2.06 bits per heavy atom. The summed E-state index contributed by atoms with van der Waals surface area (Å²) in [7, 11) is 0. The number of aryl methyl sites for hydroxylation is 1. The van der Waals surface area contributed by atoms with Crippen molar-refractivity contribution in [1.82, 2.24) is 0 Å². The molecule has 0 aliphatic rings. The van der Waals surface area contributed by atoms with Gasteiger partial charge in [-0.3, -0.25) is 0 Å². The van der Waals surface area contributed by atoms with Crippen LogP contribution in [0.15, 0.2) is 18.2 Å². The number of nitrogens with one attached hydrogen (secondary N) is 1. The number of hydrogen-bond acceptors (Lipinski definition) is 2. The van der Waals surface area contributed by atoms with Gasteiger partial charge in [0.05, 0.1) is 12.1 Å². The second-order valence-corrected chi connectivity index (χ2v) is 4.61. The van der Waals surface area contributed by atoms with E-state index in [1.165, 1.54) is 12.1 Å². The zero-order chi connectivity index (χ0) is 12.2. The van der Waals surface area contributed by atoms with Crippen molar-refractivity contribution in [3.05, 3.63) is 29.6 Å². The molecule has 0 aromatic heterocycles. The van der Waals surface area contributed by atoms with Gasteiger partial charge in [0.25, 0.3) is 0 Å². The van der Waals surface area contributed by atoms with Crippen LogP contribution in [0.2, 0.25) is 0 Å². The van der Waals surface area contributed by atoms with Crippen LogP contribution in [0.3, 0.4) is 0 Å². The van der Waals surface area contributed by atoms with Gasteiger partial charge < -0.3 is 10.4 Å². The van der Waals surface area contributed by atoms with E-state index in [-0.39, 0.29) is 18.0 Å². The van der Waals surface area contributed by atoms with Crippen LogP contribution in [0.4, 0.5) is 10.1 Å². The second-order valence-electron chi connectivity index (χ2n) is 4.61. The smallest absolute Gasteiger partial charge is 0.125 e. The number of benzene rings is 1. The molecule has 0 spiro atoms. The Balaban J connectivity index is 2.85. The molecule has 1 rings (SSSR count). The fraction of sp³-hybridized carbons (Fsp3) is 0.538. The first kappa shape index (κ1) is 13.0. The molecule has 0 aliphatic heterocycles. The van der Waals surface area contributed by atoms with Crippen molar-refractivity contribution in [2.45, 2.75) is 39.2 Å². The van der Waals surface area contributed by atoms with Gasteiger partial charge in [0.15, 0.2) is 0 Å². The third-order valence-corrected chi connectivity index (χ3v) is 2.64. The Bertz CT molecular complexity index is 334. The number of halogens is 1. The molecule has 0 saturated carbocycles. The summed E-state index contributed by atoms with van der Waals surface area (Å²) in [4.78, 5) is 0. The highest BCUT2D eigenvalue weighted by molar-refractivity contribution is 5.48. The molecule has 1 atom stereocenters. The van der Waals surface area contributed by atoms with Crippen LogP contribution in [0.5, 0.6) is 0 Å². The Kier molecular flexibility index (Phi) is 4.30. The van der Waals surface area contributed by atoms with Gasteiger partial charge in [-0.1, -0.05) is 13.3 Å². The lowest BCUT2D eigenvalue weighted by molar-refractivity contribution is 0.214. The topological polar surface area (TPSA) is 32.3 Å². The van der Waals surface area contributed by atoms with E-state index in [1.54, 1.807) is 0 Å². The molecule has 2 N–H and O–H groups in total. The van der Waals surface area contributed by atoms with Gasteiger partial charge >= 0.3 is 0 Å². The van der Waals surface area contributed by atoms with Gasteiger partial charge in [-0.25, -0.2) is 4.39 Å². The molecule has 1 aromatic carbocycles. The summed E-state index contributed by atoms with van der Waals surface area (Å²) < 4.78 is 13.2. The van der Waals surface area contributed by atoms with Gasteiger partial charge in [-0.2, -0.15) is 0 Å². The van der Waals surface area contributed by atoms with E-state index in [1.807, 2.05) is 19.9 Å². The van der Waals surface area contributed by atoms with Crippen LogP contribution >= 0.6 is 0 Å². The second kappa shape index (κ2) is 5.30. The Morgan fingerprint density at radius 3 is 2.56 bits per heavy atom. The van der Waals surface area contributed by atoms with Gasteiger partial charge in [0.1, 0.15) is 5.82 Å². The van der Waals surface area contributed by atoms with Gasteiger partial charge in [0, 0.05) is 5.69 Å². The summed E-state index contributed by atoms with van der Waals surface area (Å²) in [5.41, 5.74) is 1.22. The van der Waals surface area contributed by atoms with Crippen molar-refractivity contribution in [3.63, 3.8) is 0 Å². The minimum absolute atomic E-state index is 0.0381. The summed E-state index contributed by atoms with van der Waals surface area (Å²) in [6, 6.07) is 4.82. The van der Waals surface area contributed by atoms with Gasteiger partial charge in [0.2, 0.25) is 0 Å². The molecule has 0 heterocycles. The molecule has 1 unspecified atom stereocenters. The monoisotopic (exact) mass is 225 g/mol. The molecular weight excluding hydrogens is 205 g/mol. The summed E-state index contributed by atoms with van der Waals surface area (Å²) in [5, 5.41) is 12.6. The predicted molar refractivity (Wildman–Crippen MR) is 65.2 cm³/mol. The molecule has 0 bridgehead atoms. The van der Waals surface area contributed by atoms with Crippen LogP contribution in [-0.2, 0) is 0 Å². The molecule has 3 heteroatoms. The third-order valence-electron chi connectivity index (χ3n) is 2.64. The summed E-state index contributed by atoms with van der Waals surface area (Å²) in [6.07, 6.45) is 1.82. The molecule has 16 heavy (non-hydrogen) atoms. The average Bonchev–Trinajstić information content (AvgIpc) is 2.16. The number of aliphatic hydroxyl groups is 1.